The molecule has 21 heteroatoms. The molecule has 3 saturated heterocycles. The van der Waals surface area contributed by atoms with Gasteiger partial charge in [-0.3, -0.25) is 34.4 Å². The SMILES string of the molecule is CC[C@H]1OC(=O)[C@H](C)[C@@H](OC(=O)Cc2ccccn2)[C@H](C)[C@@H](O[C@@H]2O[C@H](C)C[C@H](N(C)C)[C@H]2O)[C@](C)(OC)C[C@@H](C)C(=O)[C@H](C)[C@@H]2N(CCNS(=O)(=O)c3ccc([N+](=O)[O-])cc3)C(=O)O[C@@]21C. The molecule has 0 saturated carbocycles. The van der Waals surface area contributed by atoms with E-state index in [2.05, 4.69) is 9.71 Å². The van der Waals surface area contributed by atoms with Crippen LogP contribution in [-0.4, -0.2) is 151 Å². The Bertz CT molecular complexity index is 2180. The lowest BCUT2D eigenvalue weighted by molar-refractivity contribution is -0.384. The monoisotopic (exact) mass is 961 g/mol. The van der Waals surface area contributed by atoms with Crippen LogP contribution in [0.4, 0.5) is 10.5 Å². The summed E-state index contributed by atoms with van der Waals surface area (Å²) in [5.74, 6) is -5.78. The summed E-state index contributed by atoms with van der Waals surface area (Å²) in [5, 5.41) is 22.9. The lowest BCUT2D eigenvalue weighted by atomic mass is 9.73. The normalized spacial score (nSPS) is 34.5. The molecule has 1 aromatic carbocycles. The number of cyclic esters (lactones) is 1. The third kappa shape index (κ3) is 11.8. The molecule has 14 atom stereocenters. The number of hydrogen-bond donors (Lipinski definition) is 2. The number of nitro groups is 1. The molecule has 1 aromatic heterocycles. The van der Waals surface area contributed by atoms with Gasteiger partial charge in [0.25, 0.3) is 5.69 Å². The molecule has 0 bridgehead atoms. The zero-order valence-electron chi connectivity index (χ0n) is 40.1. The number of methoxy groups -OCH3 is 1. The lowest BCUT2D eigenvalue weighted by Gasteiger charge is -2.48. The Labute approximate surface area is 392 Å². The standard InChI is InChI=1S/C46H67N5O15S/c1-12-35-46(8)40(50(44(56)66-46)22-21-48-67(59,60)33-18-16-32(17-19-33)51(57)58)28(4)37(53)26(2)25-45(7,61-11)41(65-43-38(54)34(49(9)10)23-27(3)62-43)29(5)39(30(6)42(55)63-35)64-36(52)24-31-15-13-14-20-47-31/h13-20,26-30,34-35,38-41,43,48,54H,12,21-25H2,1-11H3/t26-,27-,28+,29+,30-,34+,35-,38-,39+,40+,41-,43+,45-,46-/m1/s1. The van der Waals surface area contributed by atoms with Crippen LogP contribution in [0.2, 0.25) is 0 Å². The highest BCUT2D eigenvalue weighted by Crippen LogP contribution is 2.44. The molecule has 0 spiro atoms. The van der Waals surface area contributed by atoms with Crippen LogP contribution in [0.1, 0.15) is 80.3 Å². The Morgan fingerprint density at radius 3 is 2.31 bits per heavy atom. The maximum atomic E-state index is 14.9. The number of fused-ring (bicyclic) bond motifs is 1. The molecule has 4 heterocycles. The van der Waals surface area contributed by atoms with Crippen LogP contribution in [0.25, 0.3) is 0 Å². The van der Waals surface area contributed by atoms with E-state index in [1.54, 1.807) is 66.7 Å². The van der Waals surface area contributed by atoms with Gasteiger partial charge in [-0.2, -0.15) is 0 Å². The molecule has 3 aliphatic heterocycles. The molecule has 1 amide bonds. The topological polar surface area (TPSA) is 253 Å². The van der Waals surface area contributed by atoms with E-state index in [0.29, 0.717) is 12.1 Å². The van der Waals surface area contributed by atoms with Gasteiger partial charge in [-0.15, -0.1) is 0 Å². The van der Waals surface area contributed by atoms with Gasteiger partial charge >= 0.3 is 18.0 Å². The van der Waals surface area contributed by atoms with E-state index in [1.807, 2.05) is 25.9 Å². The molecule has 372 valence electrons. The Balaban J connectivity index is 1.57. The minimum atomic E-state index is -4.22. The van der Waals surface area contributed by atoms with Gasteiger partial charge in [0.05, 0.1) is 51.7 Å². The number of pyridine rings is 1. The molecular formula is C46H67N5O15S. The number of aromatic nitrogens is 1. The highest BCUT2D eigenvalue weighted by atomic mass is 32.2. The number of aliphatic hydroxyl groups is 1. The molecule has 67 heavy (non-hydrogen) atoms. The molecule has 2 N–H and O–H groups in total. The third-order valence-corrected chi connectivity index (χ3v) is 15.1. The molecular weight excluding hydrogens is 895 g/mol. The summed E-state index contributed by atoms with van der Waals surface area (Å²) in [6, 6.07) is 7.90. The predicted molar refractivity (Wildman–Crippen MR) is 241 cm³/mol. The highest BCUT2D eigenvalue weighted by molar-refractivity contribution is 7.89. The Hall–Kier alpha value is -4.64. The van der Waals surface area contributed by atoms with Gasteiger partial charge in [-0.25, -0.2) is 17.9 Å². The number of esters is 2. The fourth-order valence-electron chi connectivity index (χ4n) is 10.0. The van der Waals surface area contributed by atoms with Crippen LogP contribution >= 0.6 is 0 Å². The number of nitro benzene ring substituents is 1. The summed E-state index contributed by atoms with van der Waals surface area (Å²) in [5.41, 5.74) is -2.95. The van der Waals surface area contributed by atoms with E-state index >= 15 is 0 Å². The van der Waals surface area contributed by atoms with Gasteiger partial charge in [0.2, 0.25) is 10.0 Å². The molecule has 5 rings (SSSR count). The second-order valence-corrected chi connectivity index (χ2v) is 20.5. The van der Waals surface area contributed by atoms with Crippen molar-refractivity contribution in [1.29, 1.82) is 0 Å². The van der Waals surface area contributed by atoms with Gasteiger partial charge in [-0.1, -0.05) is 33.8 Å². The first-order valence-electron chi connectivity index (χ1n) is 22.7. The van der Waals surface area contributed by atoms with Crippen molar-refractivity contribution in [1.82, 2.24) is 19.5 Å². The quantitative estimate of drug-likeness (QED) is 0.117. The minimum absolute atomic E-state index is 0.00489. The molecule has 20 nitrogen and oxygen atoms in total. The number of rotatable bonds is 14. The summed E-state index contributed by atoms with van der Waals surface area (Å²) < 4.78 is 67.0. The molecule has 0 radical (unpaired) electrons. The van der Waals surface area contributed by atoms with Crippen LogP contribution in [-0.2, 0) is 59.2 Å². The van der Waals surface area contributed by atoms with Crippen molar-refractivity contribution in [3.8, 4) is 0 Å². The lowest BCUT2D eigenvalue weighted by Crippen LogP contribution is -2.61. The van der Waals surface area contributed by atoms with E-state index in [1.165, 1.54) is 18.2 Å². The number of nitrogens with one attached hydrogen (secondary N) is 1. The minimum Gasteiger partial charge on any atom is -0.461 e. The summed E-state index contributed by atoms with van der Waals surface area (Å²) in [4.78, 5) is 75.1. The molecule has 3 fully saturated rings. The van der Waals surface area contributed by atoms with Crippen molar-refractivity contribution in [2.75, 3.05) is 34.3 Å². The van der Waals surface area contributed by atoms with E-state index in [0.717, 1.165) is 24.3 Å². The van der Waals surface area contributed by atoms with Gasteiger partial charge in [0.15, 0.2) is 11.9 Å². The third-order valence-electron chi connectivity index (χ3n) is 13.7. The average molecular weight is 962 g/mol. The number of ether oxygens (including phenoxy) is 6. The van der Waals surface area contributed by atoms with Gasteiger partial charge < -0.3 is 38.4 Å². The number of amides is 1. The molecule has 3 aliphatic rings. The maximum Gasteiger partial charge on any atom is 0.410 e. The number of non-ortho nitro benzene ring substituents is 1. The van der Waals surface area contributed by atoms with Crippen LogP contribution in [0.3, 0.4) is 0 Å². The summed E-state index contributed by atoms with van der Waals surface area (Å²) in [7, 11) is 0.901. The van der Waals surface area contributed by atoms with Crippen molar-refractivity contribution >= 4 is 39.5 Å². The first kappa shape index (κ1) is 53.3. The second kappa shape index (κ2) is 21.8. The number of carbonyl (C=O) groups is 4. The number of aliphatic hydroxyl groups excluding tert-OH is 1. The Kier molecular flexibility index (Phi) is 17.3. The van der Waals surface area contributed by atoms with Gasteiger partial charge in [0.1, 0.15) is 24.1 Å². The molecule has 0 unspecified atom stereocenters. The van der Waals surface area contributed by atoms with Gasteiger partial charge in [-0.05, 0) is 85.3 Å². The average Bonchev–Trinajstić information content (AvgIpc) is 3.54. The second-order valence-electron chi connectivity index (χ2n) is 18.7. The van der Waals surface area contributed by atoms with Crippen molar-refractivity contribution in [2.45, 2.75) is 146 Å². The first-order chi connectivity index (χ1) is 31.4. The number of benzene rings is 1. The summed E-state index contributed by atoms with van der Waals surface area (Å²) >= 11 is 0. The summed E-state index contributed by atoms with van der Waals surface area (Å²) in [6.45, 7) is 12.9. The summed E-state index contributed by atoms with van der Waals surface area (Å²) in [6.07, 6.45) is -5.25. The maximum absolute atomic E-state index is 14.9. The Morgan fingerprint density at radius 2 is 1.73 bits per heavy atom. The number of nitrogens with zero attached hydrogens (tertiary/aromatic N) is 4. The molecule has 0 aliphatic carbocycles. The smallest absolute Gasteiger partial charge is 0.410 e. The van der Waals surface area contributed by atoms with Gasteiger partial charge in [0, 0.05) is 62.3 Å². The van der Waals surface area contributed by atoms with Crippen LogP contribution in [0.5, 0.6) is 0 Å². The first-order valence-corrected chi connectivity index (χ1v) is 24.1. The zero-order chi connectivity index (χ0) is 49.8. The number of sulfonamides is 1. The zero-order valence-corrected chi connectivity index (χ0v) is 41.0. The number of ketones is 1. The van der Waals surface area contributed by atoms with Crippen molar-refractivity contribution < 1.29 is 66.0 Å². The predicted octanol–water partition coefficient (Wildman–Crippen LogP) is 4.06. The van der Waals surface area contributed by atoms with Crippen molar-refractivity contribution in [2.24, 2.45) is 23.7 Å². The van der Waals surface area contributed by atoms with Crippen LogP contribution in [0.15, 0.2) is 53.6 Å². The van der Waals surface area contributed by atoms with E-state index < -0.39 is 105 Å². The number of Topliss-reactive ketones (excluding diaryl/α,β-unsaturated/α-hetero) is 1. The fourth-order valence-corrected chi connectivity index (χ4v) is 11.1. The van der Waals surface area contributed by atoms with Crippen molar-refractivity contribution in [3.63, 3.8) is 0 Å². The van der Waals surface area contributed by atoms with E-state index in [-0.39, 0.29) is 60.9 Å². The Morgan fingerprint density at radius 1 is 1.06 bits per heavy atom. The van der Waals surface area contributed by atoms with E-state index in [4.69, 9.17) is 28.4 Å². The van der Waals surface area contributed by atoms with E-state index in [9.17, 15) is 42.8 Å². The number of hydrogen-bond acceptors (Lipinski definition) is 17. The van der Waals surface area contributed by atoms with Crippen LogP contribution < -0.4 is 4.72 Å². The number of carbonyl (C=O) groups excluding carboxylic acids is 4. The number of likely N-dealkylation sites (N-methyl/N-ethyl adjacent to an activating group) is 1. The highest BCUT2D eigenvalue weighted by Gasteiger charge is 2.60. The fraction of sp³-hybridized carbons (Fsp3) is 0.674. The van der Waals surface area contributed by atoms with Crippen molar-refractivity contribution in [3.05, 3.63) is 64.5 Å². The largest absolute Gasteiger partial charge is 0.461 e. The van der Waals surface area contributed by atoms with Crippen LogP contribution in [0, 0.1) is 33.8 Å². The molecule has 2 aromatic rings.